The third kappa shape index (κ3) is 5.31. The minimum atomic E-state index is -0.389. The number of nitro groups is 1. The maximum Gasteiger partial charge on any atom is 0.270 e. The summed E-state index contributed by atoms with van der Waals surface area (Å²) in [7, 11) is 1.51. The molecule has 2 aromatic heterocycles. The van der Waals surface area contributed by atoms with Gasteiger partial charge in [-0.3, -0.25) is 15.1 Å². The Bertz CT molecular complexity index is 1240. The molecule has 0 N–H and O–H groups in total. The highest BCUT2D eigenvalue weighted by Crippen LogP contribution is 2.27. The molecule has 0 atom stereocenters. The van der Waals surface area contributed by atoms with Crippen LogP contribution in [0.2, 0.25) is 0 Å². The van der Waals surface area contributed by atoms with Crippen LogP contribution in [0, 0.1) is 10.1 Å². The molecule has 33 heavy (non-hydrogen) atoms. The van der Waals surface area contributed by atoms with Crippen LogP contribution in [0.3, 0.4) is 0 Å². The van der Waals surface area contributed by atoms with Crippen LogP contribution in [0.1, 0.15) is 48.8 Å². The molecular formula is C24H25N5O4. The molecule has 9 nitrogen and oxygen atoms in total. The van der Waals surface area contributed by atoms with E-state index < -0.39 is 0 Å². The van der Waals surface area contributed by atoms with Gasteiger partial charge >= 0.3 is 0 Å². The molecule has 0 saturated carbocycles. The van der Waals surface area contributed by atoms with E-state index in [1.165, 1.54) is 13.2 Å². The number of oxime groups is 2. The summed E-state index contributed by atoms with van der Waals surface area (Å²) in [5.74, 6) is 0. The number of pyridine rings is 2. The molecule has 1 aromatic carbocycles. The average Bonchev–Trinajstić information content (AvgIpc) is 2.82. The third-order valence-electron chi connectivity index (χ3n) is 5.47. The largest absolute Gasteiger partial charge is 0.399 e. The molecule has 0 unspecified atom stereocenters. The fourth-order valence-electron chi connectivity index (χ4n) is 3.86. The molecule has 1 aliphatic carbocycles. The van der Waals surface area contributed by atoms with E-state index in [1.807, 2.05) is 31.2 Å². The summed E-state index contributed by atoms with van der Waals surface area (Å²) in [5.41, 5.74) is 5.95. The molecule has 0 spiro atoms. The van der Waals surface area contributed by atoms with Crippen molar-refractivity contribution in [2.24, 2.45) is 10.3 Å². The van der Waals surface area contributed by atoms with E-state index in [4.69, 9.17) is 14.7 Å². The standard InChI is InChI=1S/C24H25N5O4/c1-16(27-32-2)21-9-4-7-19(25-21)8-5-13-33-28-23-10-3-6-17-14-18-15-20(29(30)31)11-12-22(18)26-24(17)23/h4,7,9,11-12,14-15H,3,5-6,8,10,13H2,1-2H3. The summed E-state index contributed by atoms with van der Waals surface area (Å²) in [4.78, 5) is 30.4. The first-order valence-corrected chi connectivity index (χ1v) is 10.9. The van der Waals surface area contributed by atoms with Crippen LogP contribution in [0.15, 0.2) is 52.8 Å². The number of rotatable bonds is 8. The van der Waals surface area contributed by atoms with E-state index in [2.05, 4.69) is 15.3 Å². The zero-order valence-electron chi connectivity index (χ0n) is 18.7. The molecule has 0 fully saturated rings. The van der Waals surface area contributed by atoms with Crippen molar-refractivity contribution in [3.8, 4) is 0 Å². The Balaban J connectivity index is 1.40. The van der Waals surface area contributed by atoms with Crippen molar-refractivity contribution in [3.05, 3.63) is 75.2 Å². The topological polar surface area (TPSA) is 112 Å². The Morgan fingerprint density at radius 3 is 2.88 bits per heavy atom. The van der Waals surface area contributed by atoms with Gasteiger partial charge in [0.25, 0.3) is 5.69 Å². The highest BCUT2D eigenvalue weighted by Gasteiger charge is 2.19. The number of non-ortho nitro benzene ring substituents is 1. The van der Waals surface area contributed by atoms with E-state index in [9.17, 15) is 10.1 Å². The predicted molar refractivity (Wildman–Crippen MR) is 126 cm³/mol. The molecule has 0 bridgehead atoms. The number of hydrogen-bond acceptors (Lipinski definition) is 8. The van der Waals surface area contributed by atoms with Crippen LogP contribution in [-0.2, 0) is 22.5 Å². The molecule has 0 radical (unpaired) electrons. The van der Waals surface area contributed by atoms with Gasteiger partial charge < -0.3 is 9.68 Å². The fraction of sp³-hybridized carbons (Fsp3) is 0.333. The van der Waals surface area contributed by atoms with Crippen molar-refractivity contribution in [1.82, 2.24) is 9.97 Å². The van der Waals surface area contributed by atoms with Crippen molar-refractivity contribution < 1.29 is 14.6 Å². The molecule has 1 aliphatic rings. The van der Waals surface area contributed by atoms with E-state index in [0.29, 0.717) is 12.1 Å². The molecule has 2 heterocycles. The van der Waals surface area contributed by atoms with Crippen LogP contribution in [0.4, 0.5) is 5.69 Å². The summed E-state index contributed by atoms with van der Waals surface area (Å²) >= 11 is 0. The molecule has 3 aromatic rings. The average molecular weight is 447 g/mol. The minimum Gasteiger partial charge on any atom is -0.399 e. The van der Waals surface area contributed by atoms with Gasteiger partial charge in [0.15, 0.2) is 0 Å². The van der Waals surface area contributed by atoms with Crippen LogP contribution in [0.25, 0.3) is 10.9 Å². The van der Waals surface area contributed by atoms with Gasteiger partial charge in [0, 0.05) is 23.2 Å². The van der Waals surface area contributed by atoms with Gasteiger partial charge in [-0.05, 0) is 68.9 Å². The summed E-state index contributed by atoms with van der Waals surface area (Å²) in [6.07, 6.45) is 4.14. The maximum atomic E-state index is 11.1. The van der Waals surface area contributed by atoms with Crippen molar-refractivity contribution in [3.63, 3.8) is 0 Å². The minimum absolute atomic E-state index is 0.0680. The van der Waals surface area contributed by atoms with Crippen LogP contribution in [0.5, 0.6) is 0 Å². The van der Waals surface area contributed by atoms with Crippen LogP contribution >= 0.6 is 0 Å². The van der Waals surface area contributed by atoms with Gasteiger partial charge in [-0.2, -0.15) is 0 Å². The fourth-order valence-corrected chi connectivity index (χ4v) is 3.86. The number of nitrogens with zero attached hydrogens (tertiary/aromatic N) is 5. The monoisotopic (exact) mass is 447 g/mol. The molecule has 9 heteroatoms. The zero-order valence-corrected chi connectivity index (χ0v) is 18.7. The summed E-state index contributed by atoms with van der Waals surface area (Å²) < 4.78 is 0. The SMILES string of the molecule is CON=C(C)c1cccc(CCCON=C2CCCc3cc4cc([N+](=O)[O-])ccc4nc32)n1. The Kier molecular flexibility index (Phi) is 6.87. The zero-order chi connectivity index (χ0) is 23.2. The summed E-state index contributed by atoms with van der Waals surface area (Å²) in [6, 6.07) is 12.5. The van der Waals surface area contributed by atoms with Gasteiger partial charge in [0.2, 0.25) is 0 Å². The van der Waals surface area contributed by atoms with Gasteiger partial charge in [0.05, 0.1) is 21.8 Å². The molecule has 4 rings (SSSR count). The number of hydrogen-bond donors (Lipinski definition) is 0. The Labute approximate surface area is 191 Å². The number of nitro benzene ring substituents is 1. The lowest BCUT2D eigenvalue weighted by Crippen LogP contribution is -2.15. The highest BCUT2D eigenvalue weighted by atomic mass is 16.6. The summed E-state index contributed by atoms with van der Waals surface area (Å²) in [5, 5.41) is 20.1. The van der Waals surface area contributed by atoms with E-state index in [-0.39, 0.29) is 10.6 Å². The Hall–Kier alpha value is -3.88. The second kappa shape index (κ2) is 10.2. The first kappa shape index (κ1) is 22.3. The van der Waals surface area contributed by atoms with Gasteiger partial charge in [-0.1, -0.05) is 16.4 Å². The normalized spacial score (nSPS) is 14.8. The molecule has 0 aliphatic heterocycles. The Morgan fingerprint density at radius 1 is 1.18 bits per heavy atom. The maximum absolute atomic E-state index is 11.1. The van der Waals surface area contributed by atoms with Gasteiger partial charge in [-0.25, -0.2) is 4.98 Å². The number of aromatic nitrogens is 2. The van der Waals surface area contributed by atoms with Crippen molar-refractivity contribution in [2.45, 2.75) is 39.0 Å². The lowest BCUT2D eigenvalue weighted by Gasteiger charge is -2.17. The molecular weight excluding hydrogens is 422 g/mol. The first-order chi connectivity index (χ1) is 16.0. The Morgan fingerprint density at radius 2 is 2.06 bits per heavy atom. The predicted octanol–water partition coefficient (Wildman–Crippen LogP) is 4.60. The van der Waals surface area contributed by atoms with E-state index in [0.717, 1.165) is 71.6 Å². The molecule has 170 valence electrons. The highest BCUT2D eigenvalue weighted by molar-refractivity contribution is 6.02. The van der Waals surface area contributed by atoms with E-state index in [1.54, 1.807) is 12.1 Å². The van der Waals surface area contributed by atoms with E-state index >= 15 is 0 Å². The second-order valence-electron chi connectivity index (χ2n) is 7.83. The van der Waals surface area contributed by atoms with Crippen molar-refractivity contribution in [2.75, 3.05) is 13.7 Å². The summed E-state index contributed by atoms with van der Waals surface area (Å²) in [6.45, 7) is 2.32. The molecule has 0 amide bonds. The third-order valence-corrected chi connectivity index (χ3v) is 5.47. The van der Waals surface area contributed by atoms with Gasteiger partial charge in [-0.15, -0.1) is 0 Å². The van der Waals surface area contributed by atoms with Crippen molar-refractivity contribution >= 4 is 28.0 Å². The number of benzene rings is 1. The molecule has 0 saturated heterocycles. The number of aryl methyl sites for hydroxylation is 2. The lowest BCUT2D eigenvalue weighted by atomic mass is 9.93. The lowest BCUT2D eigenvalue weighted by molar-refractivity contribution is -0.384. The van der Waals surface area contributed by atoms with Gasteiger partial charge in [0.1, 0.15) is 25.1 Å². The van der Waals surface area contributed by atoms with Crippen molar-refractivity contribution in [1.29, 1.82) is 0 Å². The second-order valence-corrected chi connectivity index (χ2v) is 7.83. The quantitative estimate of drug-likeness (QED) is 0.216. The van der Waals surface area contributed by atoms with Crippen LogP contribution in [-0.4, -0.2) is 40.0 Å². The smallest absolute Gasteiger partial charge is 0.270 e. The first-order valence-electron chi connectivity index (χ1n) is 10.9. The number of fused-ring (bicyclic) bond motifs is 2. The van der Waals surface area contributed by atoms with Crippen LogP contribution < -0.4 is 0 Å².